The Morgan fingerprint density at radius 3 is 2.56 bits per heavy atom. The lowest BCUT2D eigenvalue weighted by Gasteiger charge is -2.17. The summed E-state index contributed by atoms with van der Waals surface area (Å²) in [6, 6.07) is -0.363. The highest BCUT2D eigenvalue weighted by molar-refractivity contribution is 5.75. The molecule has 0 saturated carbocycles. The molecule has 0 aromatic heterocycles. The Hall–Kier alpha value is -1.83. The van der Waals surface area contributed by atoms with Crippen LogP contribution in [0, 0.1) is 0 Å². The monoisotopic (exact) mass is 262 g/mol. The summed E-state index contributed by atoms with van der Waals surface area (Å²) in [7, 11) is 2.82. The van der Waals surface area contributed by atoms with Crippen molar-refractivity contribution in [2.24, 2.45) is 0 Å². The topological polar surface area (TPSA) is 105 Å². The van der Waals surface area contributed by atoms with Crippen LogP contribution in [-0.4, -0.2) is 68.4 Å². The third-order valence-corrected chi connectivity index (χ3v) is 1.97. The highest BCUT2D eigenvalue weighted by atomic mass is 16.5. The number of aliphatic carboxylic acids is 1. The smallest absolute Gasteiger partial charge is 0.329 e. The summed E-state index contributed by atoms with van der Waals surface area (Å²) in [5, 5.41) is 10.8. The predicted molar refractivity (Wildman–Crippen MR) is 61.1 cm³/mol. The molecule has 0 aromatic rings. The zero-order chi connectivity index (χ0) is 14.0. The Bertz CT molecular complexity index is 294. The van der Waals surface area contributed by atoms with Gasteiger partial charge in [0.05, 0.1) is 20.1 Å². The Morgan fingerprint density at radius 1 is 1.33 bits per heavy atom. The molecule has 0 aromatic carbocycles. The number of hydrogen-bond donors (Lipinski definition) is 2. The first-order valence-corrected chi connectivity index (χ1v) is 5.32. The average molecular weight is 262 g/mol. The number of ether oxygens (including phenoxy) is 2. The number of amides is 2. The van der Waals surface area contributed by atoms with Gasteiger partial charge in [-0.05, 0) is 0 Å². The first kappa shape index (κ1) is 16.2. The number of carboxylic acids is 1. The highest BCUT2D eigenvalue weighted by Crippen LogP contribution is 1.90. The minimum Gasteiger partial charge on any atom is -0.480 e. The summed E-state index contributed by atoms with van der Waals surface area (Å²) >= 11 is 0. The fraction of sp³-hybridized carbons (Fsp3) is 0.700. The van der Waals surface area contributed by atoms with Gasteiger partial charge in [-0.15, -0.1) is 0 Å². The lowest BCUT2D eigenvalue weighted by molar-refractivity contribution is -0.142. The van der Waals surface area contributed by atoms with E-state index in [1.807, 2.05) is 0 Å². The quantitative estimate of drug-likeness (QED) is 0.442. The maximum Gasteiger partial charge on any atom is 0.329 e. The molecule has 0 radical (unpaired) electrons. The van der Waals surface area contributed by atoms with Crippen LogP contribution in [0.3, 0.4) is 0 Å². The standard InChI is InChI=1S/C10H18N2O6/c1-12(5-3-9(15)17-2)10(16)11-4-6-18-7-8(13)14/h3-7H2,1-2H3,(H,11,16)(H,13,14). The van der Waals surface area contributed by atoms with Crippen LogP contribution in [0.2, 0.25) is 0 Å². The Balaban J connectivity index is 3.62. The highest BCUT2D eigenvalue weighted by Gasteiger charge is 2.09. The van der Waals surface area contributed by atoms with Crippen molar-refractivity contribution >= 4 is 18.0 Å². The van der Waals surface area contributed by atoms with E-state index < -0.39 is 12.6 Å². The number of methoxy groups -OCH3 is 1. The summed E-state index contributed by atoms with van der Waals surface area (Å²) < 4.78 is 9.18. The molecule has 0 unspecified atom stereocenters. The van der Waals surface area contributed by atoms with Crippen molar-refractivity contribution in [3.8, 4) is 0 Å². The van der Waals surface area contributed by atoms with Gasteiger partial charge in [-0.25, -0.2) is 9.59 Å². The molecule has 0 aliphatic rings. The molecule has 18 heavy (non-hydrogen) atoms. The molecular weight excluding hydrogens is 244 g/mol. The summed E-state index contributed by atoms with van der Waals surface area (Å²) in [6.45, 7) is 0.167. The van der Waals surface area contributed by atoms with Crippen LogP contribution in [0.5, 0.6) is 0 Å². The molecule has 0 saturated heterocycles. The summed E-state index contributed by atoms with van der Waals surface area (Å²) in [5.74, 6) is -1.45. The molecule has 0 aliphatic heterocycles. The number of carbonyl (C=O) groups excluding carboxylic acids is 2. The van der Waals surface area contributed by atoms with Crippen molar-refractivity contribution < 1.29 is 29.0 Å². The maximum absolute atomic E-state index is 11.4. The van der Waals surface area contributed by atoms with Crippen LogP contribution in [0.4, 0.5) is 4.79 Å². The van der Waals surface area contributed by atoms with Gasteiger partial charge in [0.15, 0.2) is 0 Å². The number of carboxylic acid groups (broad SMARTS) is 1. The van der Waals surface area contributed by atoms with Crippen LogP contribution >= 0.6 is 0 Å². The van der Waals surface area contributed by atoms with Gasteiger partial charge in [0, 0.05) is 20.1 Å². The first-order valence-electron chi connectivity index (χ1n) is 5.32. The Labute approximate surface area is 105 Å². The van der Waals surface area contributed by atoms with Gasteiger partial charge in [-0.1, -0.05) is 0 Å². The molecule has 0 spiro atoms. The van der Waals surface area contributed by atoms with Crippen molar-refractivity contribution in [2.45, 2.75) is 6.42 Å². The third kappa shape index (κ3) is 8.34. The van der Waals surface area contributed by atoms with E-state index in [0.29, 0.717) is 0 Å². The van der Waals surface area contributed by atoms with E-state index in [-0.39, 0.29) is 38.1 Å². The molecule has 8 heteroatoms. The molecule has 2 amide bonds. The normalized spacial score (nSPS) is 9.67. The van der Waals surface area contributed by atoms with Crippen LogP contribution in [0.1, 0.15) is 6.42 Å². The van der Waals surface area contributed by atoms with Crippen LogP contribution in [0.25, 0.3) is 0 Å². The van der Waals surface area contributed by atoms with E-state index in [4.69, 9.17) is 9.84 Å². The Kier molecular flexibility index (Phi) is 8.29. The molecule has 2 N–H and O–H groups in total. The summed E-state index contributed by atoms with van der Waals surface area (Å²) in [4.78, 5) is 33.7. The van der Waals surface area contributed by atoms with Crippen LogP contribution in [0.15, 0.2) is 0 Å². The zero-order valence-electron chi connectivity index (χ0n) is 10.5. The van der Waals surface area contributed by atoms with Crippen LogP contribution < -0.4 is 5.32 Å². The van der Waals surface area contributed by atoms with Gasteiger partial charge >= 0.3 is 18.0 Å². The molecule has 0 heterocycles. The molecule has 0 bridgehead atoms. The maximum atomic E-state index is 11.4. The van der Waals surface area contributed by atoms with E-state index >= 15 is 0 Å². The number of urea groups is 1. The summed E-state index contributed by atoms with van der Waals surface area (Å²) in [5.41, 5.74) is 0. The van der Waals surface area contributed by atoms with Crippen LogP contribution in [-0.2, 0) is 19.1 Å². The molecule has 104 valence electrons. The van der Waals surface area contributed by atoms with Gasteiger partial charge in [-0.3, -0.25) is 4.79 Å². The summed E-state index contributed by atoms with van der Waals surface area (Å²) in [6.07, 6.45) is 0.121. The fourth-order valence-corrected chi connectivity index (χ4v) is 0.987. The van der Waals surface area contributed by atoms with Crippen molar-refractivity contribution in [3.63, 3.8) is 0 Å². The third-order valence-electron chi connectivity index (χ3n) is 1.97. The van der Waals surface area contributed by atoms with Gasteiger partial charge in [-0.2, -0.15) is 0 Å². The van der Waals surface area contributed by atoms with E-state index in [1.54, 1.807) is 0 Å². The number of hydrogen-bond acceptors (Lipinski definition) is 5. The van der Waals surface area contributed by atoms with Crippen molar-refractivity contribution in [1.82, 2.24) is 10.2 Å². The van der Waals surface area contributed by atoms with E-state index in [2.05, 4.69) is 10.1 Å². The van der Waals surface area contributed by atoms with Crippen molar-refractivity contribution in [2.75, 3.05) is 40.5 Å². The van der Waals surface area contributed by atoms with E-state index in [0.717, 1.165) is 0 Å². The molecule has 0 aliphatic carbocycles. The van der Waals surface area contributed by atoms with Gasteiger partial charge < -0.3 is 24.8 Å². The predicted octanol–water partition coefficient (Wildman–Crippen LogP) is -0.708. The number of esters is 1. The minimum atomic E-state index is -1.06. The van der Waals surface area contributed by atoms with E-state index in [9.17, 15) is 14.4 Å². The van der Waals surface area contributed by atoms with E-state index in [1.165, 1.54) is 19.1 Å². The van der Waals surface area contributed by atoms with Gasteiger partial charge in [0.1, 0.15) is 6.61 Å². The zero-order valence-corrected chi connectivity index (χ0v) is 10.5. The van der Waals surface area contributed by atoms with Crippen molar-refractivity contribution in [3.05, 3.63) is 0 Å². The molecule has 8 nitrogen and oxygen atoms in total. The number of rotatable bonds is 8. The van der Waals surface area contributed by atoms with Crippen molar-refractivity contribution in [1.29, 1.82) is 0 Å². The SMILES string of the molecule is COC(=O)CCN(C)C(=O)NCCOCC(=O)O. The number of nitrogens with zero attached hydrogens (tertiary/aromatic N) is 1. The van der Waals surface area contributed by atoms with Gasteiger partial charge in [0.2, 0.25) is 0 Å². The molecule has 0 fully saturated rings. The largest absolute Gasteiger partial charge is 0.480 e. The average Bonchev–Trinajstić information content (AvgIpc) is 2.34. The first-order chi connectivity index (χ1) is 8.47. The second-order valence-electron chi connectivity index (χ2n) is 3.43. The molecular formula is C10H18N2O6. The number of nitrogens with one attached hydrogen (secondary N) is 1. The Morgan fingerprint density at radius 2 is 2.00 bits per heavy atom. The lowest BCUT2D eigenvalue weighted by Crippen LogP contribution is -2.40. The number of carbonyl (C=O) groups is 3. The fourth-order valence-electron chi connectivity index (χ4n) is 0.987. The van der Waals surface area contributed by atoms with Gasteiger partial charge in [0.25, 0.3) is 0 Å². The lowest BCUT2D eigenvalue weighted by atomic mass is 10.4. The second kappa shape index (κ2) is 9.23. The minimum absolute atomic E-state index is 0.114. The molecule has 0 rings (SSSR count). The molecule has 0 atom stereocenters. The second-order valence-corrected chi connectivity index (χ2v) is 3.43.